The van der Waals surface area contributed by atoms with E-state index in [1.165, 1.54) is 0 Å². The number of benzene rings is 2. The monoisotopic (exact) mass is 463 g/mol. The molecule has 0 saturated heterocycles. The zero-order valence-electron chi connectivity index (χ0n) is 17.8. The van der Waals surface area contributed by atoms with Crippen LogP contribution in [0.15, 0.2) is 48.5 Å². The quantitative estimate of drug-likeness (QED) is 0.503. The molecule has 1 amide bonds. The van der Waals surface area contributed by atoms with Gasteiger partial charge in [-0.25, -0.2) is 0 Å². The van der Waals surface area contributed by atoms with Gasteiger partial charge in [0, 0.05) is 30.8 Å². The lowest BCUT2D eigenvalue weighted by atomic mass is 9.89. The van der Waals surface area contributed by atoms with Gasteiger partial charge < -0.3 is 38.1 Å². The molecular formula is C23H34BrN3O2. The summed E-state index contributed by atoms with van der Waals surface area (Å²) in [5.41, 5.74) is 12.7. The summed E-state index contributed by atoms with van der Waals surface area (Å²) in [6.45, 7) is 5.64. The van der Waals surface area contributed by atoms with Crippen molar-refractivity contribution >= 4 is 11.6 Å². The third-order valence-electron chi connectivity index (χ3n) is 5.61. The van der Waals surface area contributed by atoms with Crippen LogP contribution < -0.4 is 33.2 Å². The van der Waals surface area contributed by atoms with E-state index in [2.05, 4.69) is 19.6 Å². The highest BCUT2D eigenvalue weighted by Crippen LogP contribution is 2.19. The third kappa shape index (κ3) is 7.37. The second kappa shape index (κ2) is 11.8. The Morgan fingerprint density at radius 2 is 1.66 bits per heavy atom. The Balaban J connectivity index is 0.00000420. The van der Waals surface area contributed by atoms with Crippen molar-refractivity contribution < 1.29 is 32.2 Å². The number of hydrogen-bond acceptors (Lipinski definition) is 3. The van der Waals surface area contributed by atoms with Crippen LogP contribution in [0.25, 0.3) is 0 Å². The maximum absolute atomic E-state index is 13.1. The topological polar surface area (TPSA) is 83.2 Å². The van der Waals surface area contributed by atoms with Gasteiger partial charge >= 0.3 is 0 Å². The first-order valence-electron chi connectivity index (χ1n) is 10.0. The second-order valence-electron chi connectivity index (χ2n) is 7.51. The van der Waals surface area contributed by atoms with Gasteiger partial charge in [-0.05, 0) is 61.2 Å². The van der Waals surface area contributed by atoms with Crippen molar-refractivity contribution in [3.05, 3.63) is 59.7 Å². The van der Waals surface area contributed by atoms with Gasteiger partial charge in [0.05, 0.1) is 12.6 Å². The maximum Gasteiger partial charge on any atom is 0.254 e. The number of halogens is 1. The number of carbonyl (C=O) groups excluding carboxylic acids is 1. The first-order chi connectivity index (χ1) is 13.4. The highest BCUT2D eigenvalue weighted by atomic mass is 79.9. The van der Waals surface area contributed by atoms with E-state index in [9.17, 15) is 4.79 Å². The Hall–Kier alpha value is -2.05. The summed E-state index contributed by atoms with van der Waals surface area (Å²) in [5.74, 6) is 0.839. The first-order valence-corrected chi connectivity index (χ1v) is 10.0. The number of nitrogens with zero attached hydrogens (tertiary/aromatic N) is 1. The molecule has 0 aromatic heterocycles. The number of quaternary nitrogens is 1. The molecule has 2 aromatic carbocycles. The van der Waals surface area contributed by atoms with Crippen LogP contribution in [0.5, 0.6) is 5.75 Å². The van der Waals surface area contributed by atoms with E-state index >= 15 is 0 Å². The summed E-state index contributed by atoms with van der Waals surface area (Å²) in [5, 5.41) is 0. The molecule has 2 rings (SSSR count). The smallest absolute Gasteiger partial charge is 0.254 e. The lowest BCUT2D eigenvalue weighted by molar-refractivity contribution is -0.481. The van der Waals surface area contributed by atoms with Gasteiger partial charge in [0.25, 0.3) is 5.91 Å². The summed E-state index contributed by atoms with van der Waals surface area (Å²) < 4.78 is 5.23. The van der Waals surface area contributed by atoms with E-state index in [4.69, 9.17) is 10.5 Å². The van der Waals surface area contributed by atoms with Gasteiger partial charge in [-0.1, -0.05) is 26.0 Å². The molecule has 5 nitrogen and oxygen atoms in total. The van der Waals surface area contributed by atoms with E-state index in [-0.39, 0.29) is 28.4 Å². The van der Waals surface area contributed by atoms with Crippen LogP contribution in [0, 0.1) is 0 Å². The molecule has 0 spiro atoms. The average molecular weight is 464 g/mol. The molecule has 0 aliphatic carbocycles. The van der Waals surface area contributed by atoms with Crippen LogP contribution in [0.2, 0.25) is 0 Å². The van der Waals surface area contributed by atoms with E-state index < -0.39 is 0 Å². The third-order valence-corrected chi connectivity index (χ3v) is 5.61. The van der Waals surface area contributed by atoms with Crippen molar-refractivity contribution in [3.63, 3.8) is 0 Å². The summed E-state index contributed by atoms with van der Waals surface area (Å²) in [6.07, 6.45) is 4.04. The van der Waals surface area contributed by atoms with Crippen molar-refractivity contribution in [3.8, 4) is 5.75 Å². The van der Waals surface area contributed by atoms with E-state index in [1.807, 2.05) is 29.2 Å². The molecule has 0 radical (unpaired) electrons. The Bertz CT molecular complexity index is 744. The molecule has 0 saturated carbocycles. The van der Waals surface area contributed by atoms with Crippen molar-refractivity contribution in [2.24, 2.45) is 0 Å². The van der Waals surface area contributed by atoms with E-state index in [0.717, 1.165) is 37.0 Å². The van der Waals surface area contributed by atoms with Gasteiger partial charge in [0.15, 0.2) is 0 Å². The minimum absolute atomic E-state index is 0. The molecule has 160 valence electrons. The minimum Gasteiger partial charge on any atom is -1.00 e. The number of rotatable bonds is 10. The van der Waals surface area contributed by atoms with Crippen molar-refractivity contribution in [2.45, 2.75) is 51.6 Å². The Morgan fingerprint density at radius 1 is 1.07 bits per heavy atom. The fourth-order valence-corrected chi connectivity index (χ4v) is 3.26. The van der Waals surface area contributed by atoms with Crippen molar-refractivity contribution in [1.29, 1.82) is 0 Å². The minimum atomic E-state index is 0. The number of nitrogen functional groups attached to an aromatic ring is 1. The molecule has 2 aromatic rings. The number of anilines is 1. The van der Waals surface area contributed by atoms with Gasteiger partial charge in [0.1, 0.15) is 5.75 Å². The molecule has 6 heteroatoms. The molecule has 0 atom stereocenters. The fraction of sp³-hybridized carbons (Fsp3) is 0.435. The molecule has 0 heterocycles. The molecule has 0 bridgehead atoms. The predicted octanol–water partition coefficient (Wildman–Crippen LogP) is 0.505. The van der Waals surface area contributed by atoms with Crippen LogP contribution in [0.3, 0.4) is 0 Å². The van der Waals surface area contributed by atoms with Crippen LogP contribution in [0.4, 0.5) is 5.69 Å². The van der Waals surface area contributed by atoms with Gasteiger partial charge in [-0.15, -0.1) is 0 Å². The normalized spacial score (nSPS) is 10.9. The molecule has 0 unspecified atom stereocenters. The molecule has 29 heavy (non-hydrogen) atoms. The average Bonchev–Trinajstić information content (AvgIpc) is 2.73. The summed E-state index contributed by atoms with van der Waals surface area (Å²) >= 11 is 0. The highest BCUT2D eigenvalue weighted by molar-refractivity contribution is 5.94. The number of amides is 1. The Kier molecular flexibility index (Phi) is 10.2. The van der Waals surface area contributed by atoms with Crippen LogP contribution in [-0.4, -0.2) is 30.0 Å². The standard InChI is InChI=1S/C23H33N3O2.BrH/c1-4-23(25,5-2)15-6-16-26(17-18-7-13-21(28-3)14-8-18)22(27)19-9-11-20(24)12-10-19;/h7-14H,4-6,15-17,24-25H2,1-3H3;1H. The number of nitrogens with two attached hydrogens (primary N) is 1. The number of carbonyl (C=O) groups is 1. The summed E-state index contributed by atoms with van der Waals surface area (Å²) in [7, 11) is 1.65. The molecule has 5 N–H and O–H groups in total. The van der Waals surface area contributed by atoms with Crippen LogP contribution in [0.1, 0.15) is 55.5 Å². The zero-order chi connectivity index (χ0) is 20.6. The molecule has 0 fully saturated rings. The van der Waals surface area contributed by atoms with E-state index in [0.29, 0.717) is 24.3 Å². The highest BCUT2D eigenvalue weighted by Gasteiger charge is 2.25. The largest absolute Gasteiger partial charge is 1.00 e. The maximum atomic E-state index is 13.1. The predicted molar refractivity (Wildman–Crippen MR) is 114 cm³/mol. The second-order valence-corrected chi connectivity index (χ2v) is 7.51. The molecule has 0 aliphatic heterocycles. The van der Waals surface area contributed by atoms with E-state index in [1.54, 1.807) is 31.4 Å². The van der Waals surface area contributed by atoms with Gasteiger partial charge in [-0.3, -0.25) is 4.79 Å². The zero-order valence-corrected chi connectivity index (χ0v) is 19.4. The Morgan fingerprint density at radius 3 is 2.17 bits per heavy atom. The summed E-state index contributed by atoms with van der Waals surface area (Å²) in [4.78, 5) is 15.0. The fourth-order valence-electron chi connectivity index (χ4n) is 3.26. The van der Waals surface area contributed by atoms with Crippen molar-refractivity contribution in [1.82, 2.24) is 4.90 Å². The molecule has 0 aliphatic rings. The first kappa shape index (κ1) is 25.0. The number of methoxy groups -OCH3 is 1. The lowest BCUT2D eigenvalue weighted by Crippen LogP contribution is -3.00. The number of ether oxygens (including phenoxy) is 1. The van der Waals surface area contributed by atoms with Crippen LogP contribution >= 0.6 is 0 Å². The van der Waals surface area contributed by atoms with Gasteiger partial charge in [-0.2, -0.15) is 0 Å². The number of hydrogen-bond donors (Lipinski definition) is 2. The van der Waals surface area contributed by atoms with Crippen LogP contribution in [-0.2, 0) is 6.54 Å². The molecular weight excluding hydrogens is 430 g/mol. The van der Waals surface area contributed by atoms with Crippen molar-refractivity contribution in [2.75, 3.05) is 19.4 Å². The Labute approximate surface area is 185 Å². The lowest BCUT2D eigenvalue weighted by Gasteiger charge is -2.27. The van der Waals surface area contributed by atoms with Gasteiger partial charge in [0.2, 0.25) is 0 Å². The SMILES string of the molecule is CCC([NH3+])(CC)CCCN(Cc1ccc(OC)cc1)C(=O)c1ccc(N)cc1.[Br-]. The summed E-state index contributed by atoms with van der Waals surface area (Å²) in [6, 6.07) is 15.0.